The highest BCUT2D eigenvalue weighted by Gasteiger charge is 2.15. The lowest BCUT2D eigenvalue weighted by Crippen LogP contribution is -2.26. The van der Waals surface area contributed by atoms with E-state index in [9.17, 15) is 19.2 Å². The predicted molar refractivity (Wildman–Crippen MR) is 178 cm³/mol. The van der Waals surface area contributed by atoms with Gasteiger partial charge in [-0.1, -0.05) is 72.8 Å². The zero-order valence-electron chi connectivity index (χ0n) is 27.0. The minimum atomic E-state index is -0.403. The van der Waals surface area contributed by atoms with Crippen LogP contribution >= 0.6 is 0 Å². The second-order valence-corrected chi connectivity index (χ2v) is 10.3. The molecule has 0 radical (unpaired) electrons. The topological polar surface area (TPSA) is 124 Å². The minimum absolute atomic E-state index is 0.132. The van der Waals surface area contributed by atoms with Gasteiger partial charge in [-0.2, -0.15) is 0 Å². The molecule has 0 aliphatic heterocycles. The monoisotopic (exact) mass is 656 g/mol. The van der Waals surface area contributed by atoms with Crippen LogP contribution < -0.4 is 0 Å². The Labute approximate surface area is 280 Å². The minimum Gasteiger partial charge on any atom is -0.460 e. The van der Waals surface area contributed by atoms with E-state index in [-0.39, 0.29) is 69.6 Å². The van der Waals surface area contributed by atoms with Crippen molar-refractivity contribution in [2.75, 3.05) is 39.6 Å². The molecule has 10 nitrogen and oxygen atoms in total. The zero-order valence-corrected chi connectivity index (χ0v) is 27.0. The molecule has 0 saturated heterocycles. The van der Waals surface area contributed by atoms with Crippen LogP contribution in [0.4, 0.5) is 0 Å². The normalized spacial score (nSPS) is 11.5. The lowest BCUT2D eigenvalue weighted by Gasteiger charge is -2.17. The van der Waals surface area contributed by atoms with E-state index >= 15 is 0 Å². The van der Waals surface area contributed by atoms with Gasteiger partial charge < -0.3 is 28.4 Å². The van der Waals surface area contributed by atoms with Crippen LogP contribution in [0.3, 0.4) is 0 Å². The van der Waals surface area contributed by atoms with E-state index in [0.717, 1.165) is 0 Å². The number of benzene rings is 4. The van der Waals surface area contributed by atoms with Gasteiger partial charge in [-0.15, -0.1) is 0 Å². The van der Waals surface area contributed by atoms with E-state index in [0.29, 0.717) is 22.3 Å². The molecule has 0 heterocycles. The summed E-state index contributed by atoms with van der Waals surface area (Å²) in [6.45, 7) is 4.72. The number of hydrogen-bond donors (Lipinski definition) is 0. The molecular formula is C38H40O10. The van der Waals surface area contributed by atoms with Gasteiger partial charge in [-0.05, 0) is 62.4 Å². The molecule has 0 bridgehead atoms. The summed E-state index contributed by atoms with van der Waals surface area (Å²) < 4.78 is 31.4. The van der Waals surface area contributed by atoms with Crippen LogP contribution in [0.15, 0.2) is 121 Å². The average Bonchev–Trinajstić information content (AvgIpc) is 3.14. The fourth-order valence-electron chi connectivity index (χ4n) is 3.86. The van der Waals surface area contributed by atoms with Crippen LogP contribution in [-0.4, -0.2) is 75.7 Å². The summed E-state index contributed by atoms with van der Waals surface area (Å²) in [5, 5.41) is 0. The van der Waals surface area contributed by atoms with Crippen molar-refractivity contribution in [3.63, 3.8) is 0 Å². The Morgan fingerprint density at radius 2 is 0.792 bits per heavy atom. The van der Waals surface area contributed by atoms with Crippen molar-refractivity contribution in [2.45, 2.75) is 26.1 Å². The number of carbonyl (C=O) groups is 4. The van der Waals surface area contributed by atoms with Crippen molar-refractivity contribution in [3.05, 3.63) is 144 Å². The highest BCUT2D eigenvalue weighted by Crippen LogP contribution is 2.07. The van der Waals surface area contributed by atoms with Crippen LogP contribution in [0.25, 0.3) is 0 Å². The molecule has 4 aromatic carbocycles. The van der Waals surface area contributed by atoms with E-state index in [4.69, 9.17) is 28.4 Å². The van der Waals surface area contributed by atoms with Gasteiger partial charge in [-0.25, -0.2) is 19.2 Å². The third-order valence-electron chi connectivity index (χ3n) is 6.33. The average molecular weight is 657 g/mol. The summed E-state index contributed by atoms with van der Waals surface area (Å²) in [6.07, 6.45) is -0.703. The number of esters is 4. The van der Waals surface area contributed by atoms with Gasteiger partial charge >= 0.3 is 23.9 Å². The molecule has 0 aliphatic carbocycles. The molecule has 0 saturated carbocycles. The maximum Gasteiger partial charge on any atom is 0.338 e. The number of hydrogen-bond acceptors (Lipinski definition) is 10. The second-order valence-electron chi connectivity index (χ2n) is 10.3. The van der Waals surface area contributed by atoms with Crippen LogP contribution in [0.5, 0.6) is 0 Å². The first kappa shape index (κ1) is 37.1. The Balaban J connectivity index is 0.000000261. The van der Waals surface area contributed by atoms with Crippen molar-refractivity contribution >= 4 is 23.9 Å². The molecule has 2 unspecified atom stereocenters. The Morgan fingerprint density at radius 3 is 1.19 bits per heavy atom. The Morgan fingerprint density at radius 1 is 0.438 bits per heavy atom. The quantitative estimate of drug-likeness (QED) is 0.0781. The van der Waals surface area contributed by atoms with Gasteiger partial charge in [-0.3, -0.25) is 0 Å². The molecular weight excluding hydrogens is 616 g/mol. The van der Waals surface area contributed by atoms with Crippen molar-refractivity contribution in [1.82, 2.24) is 0 Å². The maximum atomic E-state index is 11.9. The summed E-state index contributed by atoms with van der Waals surface area (Å²) in [6, 6.07) is 35.1. The Bertz CT molecular complexity index is 1460. The van der Waals surface area contributed by atoms with Gasteiger partial charge in [0.2, 0.25) is 0 Å². The van der Waals surface area contributed by atoms with Crippen LogP contribution in [-0.2, 0) is 28.4 Å². The van der Waals surface area contributed by atoms with E-state index in [2.05, 4.69) is 0 Å². The number of rotatable bonds is 16. The van der Waals surface area contributed by atoms with E-state index in [1.165, 1.54) is 0 Å². The maximum absolute atomic E-state index is 11.9. The first-order valence-corrected chi connectivity index (χ1v) is 15.5. The largest absolute Gasteiger partial charge is 0.460 e. The van der Waals surface area contributed by atoms with Crippen molar-refractivity contribution in [1.29, 1.82) is 0 Å². The second kappa shape index (κ2) is 21.5. The van der Waals surface area contributed by atoms with Gasteiger partial charge in [0.1, 0.15) is 25.9 Å². The zero-order chi connectivity index (χ0) is 34.4. The van der Waals surface area contributed by atoms with Crippen LogP contribution in [0, 0.1) is 0 Å². The summed E-state index contributed by atoms with van der Waals surface area (Å²) in [7, 11) is 0. The fourth-order valence-corrected chi connectivity index (χ4v) is 3.86. The van der Waals surface area contributed by atoms with Crippen molar-refractivity contribution in [3.8, 4) is 0 Å². The molecule has 2 atom stereocenters. The molecule has 10 heteroatoms. The van der Waals surface area contributed by atoms with Crippen LogP contribution in [0.1, 0.15) is 55.3 Å². The highest BCUT2D eigenvalue weighted by molar-refractivity contribution is 5.90. The molecule has 48 heavy (non-hydrogen) atoms. The smallest absolute Gasteiger partial charge is 0.338 e. The summed E-state index contributed by atoms with van der Waals surface area (Å²) in [5.41, 5.74) is 2.01. The molecule has 4 aromatic rings. The van der Waals surface area contributed by atoms with Gasteiger partial charge in [0.15, 0.2) is 0 Å². The number of ether oxygens (including phenoxy) is 6. The summed E-state index contributed by atoms with van der Waals surface area (Å²) in [5.74, 6) is -1.55. The van der Waals surface area contributed by atoms with Crippen molar-refractivity contribution < 1.29 is 47.6 Å². The molecule has 252 valence electrons. The lowest BCUT2D eigenvalue weighted by molar-refractivity contribution is -0.0380. The molecule has 0 aliphatic rings. The Hall–Kier alpha value is -5.32. The molecule has 0 N–H and O–H groups in total. The van der Waals surface area contributed by atoms with Gasteiger partial charge in [0.25, 0.3) is 0 Å². The molecule has 4 rings (SSSR count). The van der Waals surface area contributed by atoms with E-state index in [1.807, 2.05) is 24.3 Å². The molecule has 0 spiro atoms. The first-order valence-electron chi connectivity index (χ1n) is 15.5. The van der Waals surface area contributed by atoms with Crippen molar-refractivity contribution in [2.24, 2.45) is 0 Å². The van der Waals surface area contributed by atoms with Gasteiger partial charge in [0.05, 0.1) is 48.2 Å². The predicted octanol–water partition coefficient (Wildman–Crippen LogP) is 6.21. The third-order valence-corrected chi connectivity index (χ3v) is 6.33. The third kappa shape index (κ3) is 14.4. The van der Waals surface area contributed by atoms with Gasteiger partial charge in [0, 0.05) is 0 Å². The molecule has 0 amide bonds. The molecule has 0 aromatic heterocycles. The highest BCUT2D eigenvalue weighted by atomic mass is 16.6. The summed E-state index contributed by atoms with van der Waals surface area (Å²) in [4.78, 5) is 47.0. The lowest BCUT2D eigenvalue weighted by atomic mass is 10.2. The standard InChI is InChI=1S/C20H22O5.C18H18O5/c1-15(13-24-19(21)17-9-5-3-6-10-17)23-14-16(2)25-20(22)18-11-7-4-8-12-18;19-17(15-7-3-1-4-8-15)22-13-11-21-12-14-23-18(20)16-9-5-2-6-10-16/h3-12,15-16H,13-14H2,1-2H3;1-10H,11-14H2. The fraction of sp³-hybridized carbons (Fsp3) is 0.263. The van der Waals surface area contributed by atoms with E-state index < -0.39 is 6.10 Å². The SMILES string of the molecule is CC(COC(=O)c1ccccc1)OCC(C)OC(=O)c1ccccc1.O=C(OCCOCCOC(=O)c1ccccc1)c1ccccc1. The number of carbonyl (C=O) groups excluding carboxylic acids is 4. The van der Waals surface area contributed by atoms with E-state index in [1.54, 1.807) is 111 Å². The summed E-state index contributed by atoms with van der Waals surface area (Å²) >= 11 is 0. The van der Waals surface area contributed by atoms with Crippen LogP contribution in [0.2, 0.25) is 0 Å². The molecule has 0 fully saturated rings. The Kier molecular flexibility index (Phi) is 16.6. The first-order chi connectivity index (χ1) is 23.3.